The Morgan fingerprint density at radius 1 is 0.266 bits per heavy atom. The predicted octanol–water partition coefficient (Wildman–Crippen LogP) is 23.0. The van der Waals surface area contributed by atoms with Crippen molar-refractivity contribution in [2.24, 2.45) is 0 Å². The second kappa shape index (κ2) is 66.6. The van der Waals surface area contributed by atoms with Gasteiger partial charge in [0.2, 0.25) is 0 Å². The molecular weight excluding hydrogens is 973 g/mol. The maximum Gasteiger partial charge on any atom is 0.306 e. The fraction of sp³-hybridized carbons (Fsp3) is 0.712. The van der Waals surface area contributed by atoms with Crippen molar-refractivity contribution in [3.05, 3.63) is 109 Å². The van der Waals surface area contributed by atoms with Gasteiger partial charge in [-0.1, -0.05) is 304 Å². The highest BCUT2D eigenvalue weighted by molar-refractivity contribution is 5.71. The Kier molecular flexibility index (Phi) is 63.3. The lowest BCUT2D eigenvalue weighted by atomic mass is 10.0. The Morgan fingerprint density at radius 3 is 0.785 bits per heavy atom. The van der Waals surface area contributed by atoms with Gasteiger partial charge in [-0.2, -0.15) is 0 Å². The van der Waals surface area contributed by atoms with Crippen molar-refractivity contribution in [2.75, 3.05) is 13.2 Å². The number of rotatable bonds is 60. The van der Waals surface area contributed by atoms with Crippen LogP contribution in [0.2, 0.25) is 0 Å². The summed E-state index contributed by atoms with van der Waals surface area (Å²) in [6.07, 6.45) is 91.1. The molecule has 0 fully saturated rings. The largest absolute Gasteiger partial charge is 0.462 e. The fourth-order valence-electron chi connectivity index (χ4n) is 9.35. The number of esters is 3. The first kappa shape index (κ1) is 75.1. The zero-order chi connectivity index (χ0) is 57.1. The summed E-state index contributed by atoms with van der Waals surface area (Å²) in [6.45, 7) is 6.40. The number of carbonyl (C=O) groups is 3. The molecule has 0 saturated heterocycles. The predicted molar refractivity (Wildman–Crippen MR) is 343 cm³/mol. The molecule has 0 aliphatic rings. The fourth-order valence-corrected chi connectivity index (χ4v) is 9.35. The van der Waals surface area contributed by atoms with Crippen LogP contribution >= 0.6 is 0 Å². The van der Waals surface area contributed by atoms with Crippen molar-refractivity contribution < 1.29 is 28.6 Å². The molecule has 0 radical (unpaired) electrons. The van der Waals surface area contributed by atoms with Gasteiger partial charge in [-0.3, -0.25) is 14.4 Å². The van der Waals surface area contributed by atoms with E-state index in [1.54, 1.807) is 0 Å². The van der Waals surface area contributed by atoms with E-state index in [2.05, 4.69) is 130 Å². The van der Waals surface area contributed by atoms with Crippen molar-refractivity contribution in [1.82, 2.24) is 0 Å². The normalized spacial score (nSPS) is 12.8. The first-order valence-corrected chi connectivity index (χ1v) is 33.4. The van der Waals surface area contributed by atoms with Gasteiger partial charge in [0.15, 0.2) is 6.10 Å². The summed E-state index contributed by atoms with van der Waals surface area (Å²) in [5.74, 6) is -0.943. The van der Waals surface area contributed by atoms with Crippen LogP contribution in [0.25, 0.3) is 0 Å². The van der Waals surface area contributed by atoms with Crippen molar-refractivity contribution >= 4 is 17.9 Å². The molecule has 0 saturated carbocycles. The quantitative estimate of drug-likeness (QED) is 0.0261. The van der Waals surface area contributed by atoms with Crippen LogP contribution in [-0.4, -0.2) is 37.2 Å². The third-order valence-electron chi connectivity index (χ3n) is 14.3. The lowest BCUT2D eigenvalue weighted by molar-refractivity contribution is -0.167. The van der Waals surface area contributed by atoms with Crippen molar-refractivity contribution in [3.8, 4) is 0 Å². The molecular formula is C73H124O6. The van der Waals surface area contributed by atoms with Gasteiger partial charge >= 0.3 is 17.9 Å². The molecule has 0 aliphatic carbocycles. The number of carbonyl (C=O) groups excluding carboxylic acids is 3. The highest BCUT2D eigenvalue weighted by Crippen LogP contribution is 2.17. The Balaban J connectivity index is 4.35. The minimum Gasteiger partial charge on any atom is -0.462 e. The highest BCUT2D eigenvalue weighted by atomic mass is 16.6. The Bertz CT molecular complexity index is 1590. The van der Waals surface area contributed by atoms with Crippen LogP contribution in [0.3, 0.4) is 0 Å². The van der Waals surface area contributed by atoms with E-state index in [1.807, 2.05) is 0 Å². The van der Waals surface area contributed by atoms with Gasteiger partial charge in [0.05, 0.1) is 0 Å². The Morgan fingerprint density at radius 2 is 0.494 bits per heavy atom. The molecule has 6 heteroatoms. The van der Waals surface area contributed by atoms with Crippen LogP contribution in [0, 0.1) is 0 Å². The number of ether oxygens (including phenoxy) is 3. The second-order valence-corrected chi connectivity index (χ2v) is 22.0. The smallest absolute Gasteiger partial charge is 0.306 e. The number of unbranched alkanes of at least 4 members (excludes halogenated alkanes) is 31. The maximum atomic E-state index is 12.9. The van der Waals surface area contributed by atoms with E-state index < -0.39 is 6.10 Å². The minimum absolute atomic E-state index is 0.0970. The maximum absolute atomic E-state index is 12.9. The summed E-state index contributed by atoms with van der Waals surface area (Å²) < 4.78 is 16.9. The molecule has 0 spiro atoms. The SMILES string of the molecule is CC/C=C\C/C=C\C/C=C\C/C=C\C/C=C\C/C=C\CCCCCCC(=O)OC(COC(=O)CCCCC/C=C\C/C=C\C/C=C\CC)COC(=O)CCCCCCCCCCCCCCCCCCCCCCCCCCC. The average molecular weight is 1100 g/mol. The molecule has 1 atom stereocenters. The topological polar surface area (TPSA) is 78.9 Å². The highest BCUT2D eigenvalue weighted by Gasteiger charge is 2.19. The van der Waals surface area contributed by atoms with Crippen LogP contribution in [0.4, 0.5) is 0 Å². The molecule has 0 aromatic carbocycles. The van der Waals surface area contributed by atoms with Gasteiger partial charge in [-0.25, -0.2) is 0 Å². The van der Waals surface area contributed by atoms with Crippen LogP contribution in [0.5, 0.6) is 0 Å². The van der Waals surface area contributed by atoms with E-state index in [4.69, 9.17) is 14.2 Å². The van der Waals surface area contributed by atoms with Gasteiger partial charge in [-0.15, -0.1) is 0 Å². The summed E-state index contributed by atoms with van der Waals surface area (Å²) in [6, 6.07) is 0. The van der Waals surface area contributed by atoms with Crippen molar-refractivity contribution in [1.29, 1.82) is 0 Å². The number of hydrogen-bond donors (Lipinski definition) is 0. The number of allylic oxidation sites excluding steroid dienone is 18. The molecule has 452 valence electrons. The third-order valence-corrected chi connectivity index (χ3v) is 14.3. The molecule has 0 aromatic heterocycles. The molecule has 0 aliphatic heterocycles. The van der Waals surface area contributed by atoms with E-state index in [9.17, 15) is 14.4 Å². The monoisotopic (exact) mass is 1100 g/mol. The van der Waals surface area contributed by atoms with Gasteiger partial charge in [-0.05, 0) is 103 Å². The summed E-state index contributed by atoms with van der Waals surface area (Å²) >= 11 is 0. The summed E-state index contributed by atoms with van der Waals surface area (Å²) in [5.41, 5.74) is 0. The van der Waals surface area contributed by atoms with Crippen LogP contribution < -0.4 is 0 Å². The first-order chi connectivity index (χ1) is 39.0. The molecule has 1 unspecified atom stereocenters. The summed E-state index contributed by atoms with van der Waals surface area (Å²) in [5, 5.41) is 0. The minimum atomic E-state index is -0.806. The van der Waals surface area contributed by atoms with E-state index in [0.717, 1.165) is 135 Å². The van der Waals surface area contributed by atoms with Gasteiger partial charge < -0.3 is 14.2 Å². The molecule has 0 bridgehead atoms. The number of hydrogen-bond acceptors (Lipinski definition) is 6. The van der Waals surface area contributed by atoms with Gasteiger partial charge in [0.25, 0.3) is 0 Å². The molecule has 0 amide bonds. The zero-order valence-electron chi connectivity index (χ0n) is 51.9. The summed E-state index contributed by atoms with van der Waals surface area (Å²) in [4.78, 5) is 38.3. The van der Waals surface area contributed by atoms with E-state index in [0.29, 0.717) is 19.3 Å². The summed E-state index contributed by atoms with van der Waals surface area (Å²) in [7, 11) is 0. The van der Waals surface area contributed by atoms with Gasteiger partial charge in [0, 0.05) is 19.3 Å². The molecule has 79 heavy (non-hydrogen) atoms. The first-order valence-electron chi connectivity index (χ1n) is 33.4. The Hall–Kier alpha value is -3.93. The molecule has 6 nitrogen and oxygen atoms in total. The Labute approximate surface area is 489 Å². The zero-order valence-corrected chi connectivity index (χ0v) is 51.9. The van der Waals surface area contributed by atoms with E-state index >= 15 is 0 Å². The van der Waals surface area contributed by atoms with Crippen LogP contribution in [-0.2, 0) is 28.6 Å². The van der Waals surface area contributed by atoms with E-state index in [-0.39, 0.29) is 31.1 Å². The lowest BCUT2D eigenvalue weighted by Gasteiger charge is -2.18. The second-order valence-electron chi connectivity index (χ2n) is 22.0. The average Bonchev–Trinajstić information content (AvgIpc) is 3.45. The third kappa shape index (κ3) is 64.8. The standard InChI is InChI=1S/C73H124O6/c1-4-7-10-13-16-19-22-25-27-29-31-33-35-36-38-39-41-43-45-48-51-54-57-60-63-66-72(75)78-69-70(68-77-71(74)65-62-59-56-53-50-47-24-21-18-15-12-9-6-3)79-73(76)67-64-61-58-55-52-49-46-44-42-40-37-34-32-30-28-26-23-20-17-14-11-8-5-2/h8-9,11-12,17-18,20-21,26,28,32,34,40,42,46-47,49-50,70H,4-7,10,13-16,19,22-25,27,29-31,33,35-39,41,43-45,48,51-69H2,1-3H3/b11-8-,12-9-,20-17-,21-18-,28-26-,34-32-,42-40-,49-46-,50-47-. The molecule has 0 rings (SSSR count). The van der Waals surface area contributed by atoms with Crippen LogP contribution in [0.15, 0.2) is 109 Å². The molecule has 0 N–H and O–H groups in total. The van der Waals surface area contributed by atoms with Crippen molar-refractivity contribution in [2.45, 2.75) is 322 Å². The van der Waals surface area contributed by atoms with Crippen molar-refractivity contribution in [3.63, 3.8) is 0 Å². The van der Waals surface area contributed by atoms with E-state index in [1.165, 1.54) is 141 Å². The van der Waals surface area contributed by atoms with Crippen LogP contribution in [0.1, 0.15) is 316 Å². The lowest BCUT2D eigenvalue weighted by Crippen LogP contribution is -2.30. The molecule has 0 aromatic rings. The molecule has 0 heterocycles. The van der Waals surface area contributed by atoms with Gasteiger partial charge in [0.1, 0.15) is 13.2 Å².